The average molecular weight is 577 g/mol. The zero-order chi connectivity index (χ0) is 6.28. The van der Waals surface area contributed by atoms with Gasteiger partial charge in [-0.1, -0.05) is 0 Å². The van der Waals surface area contributed by atoms with E-state index in [4.69, 9.17) is 19.8 Å². The molecule has 0 bridgehead atoms. The van der Waals surface area contributed by atoms with Gasteiger partial charge in [0.15, 0.2) is 0 Å². The van der Waals surface area contributed by atoms with Gasteiger partial charge in [0.1, 0.15) is 0 Å². The van der Waals surface area contributed by atoms with Gasteiger partial charge in [-0.25, -0.2) is 0 Å². The van der Waals surface area contributed by atoms with Gasteiger partial charge in [0, 0.05) is 29.2 Å². The predicted octanol–water partition coefficient (Wildman–Crippen LogP) is -0.585. The summed E-state index contributed by atoms with van der Waals surface area (Å²) in [6.45, 7) is 0. The van der Waals surface area contributed by atoms with E-state index in [2.05, 4.69) is 0 Å². The van der Waals surface area contributed by atoms with Crippen LogP contribution in [0.5, 0.6) is 0 Å². The zero-order valence-corrected chi connectivity index (χ0v) is 11.0. The summed E-state index contributed by atoms with van der Waals surface area (Å²) < 4.78 is 17.2. The van der Waals surface area contributed by atoms with Crippen molar-refractivity contribution in [2.75, 3.05) is 0 Å². The van der Waals surface area contributed by atoms with E-state index >= 15 is 0 Å². The number of hydrogen-bond acceptors (Lipinski definition) is 4. The van der Waals surface area contributed by atoms with Crippen LogP contribution in [0.1, 0.15) is 0 Å². The van der Waals surface area contributed by atoms with Crippen molar-refractivity contribution in [3.63, 3.8) is 0 Å². The summed E-state index contributed by atoms with van der Waals surface area (Å²) in [5.41, 5.74) is 0. The van der Waals surface area contributed by atoms with Gasteiger partial charge in [0.05, 0.1) is 0 Å². The Labute approximate surface area is 80.9 Å². The van der Waals surface area contributed by atoms with Crippen LogP contribution in [0.2, 0.25) is 0 Å². The van der Waals surface area contributed by atoms with E-state index in [0.717, 1.165) is 0 Å². The van der Waals surface area contributed by atoms with Gasteiger partial charge < -0.3 is 5.21 Å². The second-order valence-electron chi connectivity index (χ2n) is 0.321. The molecule has 44 valence electrons. The molecule has 0 saturated heterocycles. The van der Waals surface area contributed by atoms with E-state index in [1.54, 1.807) is 0 Å². The molecule has 0 aliphatic heterocycles. The Hall–Kier alpha value is 0.839. The van der Waals surface area contributed by atoms with E-state index in [-0.39, 0.29) is 29.2 Å². The van der Waals surface area contributed by atoms with E-state index in [0.29, 0.717) is 0 Å². The maximum Gasteiger partial charge on any atom is 0 e. The van der Waals surface area contributed by atoms with Crippen molar-refractivity contribution < 1.29 is 71.8 Å². The fraction of sp³-hybridized carbons (Fsp3) is 0. The molecule has 0 aromatic heterocycles. The first-order valence-electron chi connectivity index (χ1n) is 0.973. The number of nitrogens with zero attached hydrogens (tertiary/aromatic N) is 1. The summed E-state index contributed by atoms with van der Waals surface area (Å²) in [5.74, 6) is 0. The van der Waals surface area contributed by atoms with Crippen molar-refractivity contribution >= 4 is 0 Å². The van der Waals surface area contributed by atoms with Gasteiger partial charge in [-0.3, -0.25) is 0 Å². The van der Waals surface area contributed by atoms with Crippen LogP contribution in [-0.2, 0) is 4.47 Å². The molecule has 0 aromatic carbocycles. The molecule has 0 aliphatic carbocycles. The minimum absolute atomic E-state index is 0. The van der Waals surface area contributed by atoms with Crippen molar-refractivity contribution in [1.82, 2.24) is 0 Å². The van der Waals surface area contributed by atoms with E-state index in [1.807, 2.05) is 0 Å². The molecule has 0 heterocycles. The molecule has 0 aliphatic rings. The molecule has 0 radical (unpaired) electrons. The largest absolute Gasteiger partial charge is 0 e. The number of rotatable bonds is 0. The third-order valence-corrected chi connectivity index (χ3v) is 0. The van der Waals surface area contributed by atoms with Crippen LogP contribution < -0.4 is 0 Å². The Balaban J connectivity index is -0.0000000575. The van der Waals surface area contributed by atoms with Crippen LogP contribution in [0, 0.1) is 67.1 Å². The first kappa shape index (κ1) is 15.9. The van der Waals surface area contributed by atoms with Crippen LogP contribution in [-0.4, -0.2) is 10.3 Å². The van der Waals surface area contributed by atoms with Crippen molar-refractivity contribution in [2.24, 2.45) is 0 Å². The summed E-state index contributed by atoms with van der Waals surface area (Å²) in [7, 11) is 0. The molecule has 8 heavy (non-hydrogen) atoms. The molecule has 0 saturated carbocycles. The Morgan fingerprint density at radius 1 is 1.50 bits per heavy atom. The first-order valence-corrected chi connectivity index (χ1v) is 4.37. The maximum absolute atomic E-state index is 8.58. The fourth-order valence-corrected chi connectivity index (χ4v) is 0. The van der Waals surface area contributed by atoms with Gasteiger partial charge in [-0.05, 0) is 0 Å². The minimum atomic E-state index is -2.51. The third kappa shape index (κ3) is 331. The van der Waals surface area contributed by atoms with E-state index in [1.165, 1.54) is 0 Å². The first-order chi connectivity index (χ1) is 3.15. The second kappa shape index (κ2) is 15.7. The quantitative estimate of drug-likeness (QED) is 0.307. The molecule has 0 rings (SSSR count). The SMILES string of the molecule is O=[N+]([O-])O.[O]=[U+2]=[O].[Pu]. The molecule has 0 atom stereocenters. The summed E-state index contributed by atoms with van der Waals surface area (Å²) in [6, 6.07) is 0. The van der Waals surface area contributed by atoms with Crippen molar-refractivity contribution in [2.45, 2.75) is 0 Å². The topological polar surface area (TPSA) is 97.5 Å². The standard InChI is InChI=1S/HNO3.2O.Pu.U/c2-1(3)4;;;;/h(H,2,3,4);;;;/q;;;;+2. The summed E-state index contributed by atoms with van der Waals surface area (Å²) >= 11 is -2.51. The minimum Gasteiger partial charge on any atom is 0 e. The molecule has 6 nitrogen and oxygen atoms in total. The maximum atomic E-state index is 8.58. The summed E-state index contributed by atoms with van der Waals surface area (Å²) in [6.07, 6.45) is 0. The van der Waals surface area contributed by atoms with Crippen molar-refractivity contribution in [3.8, 4) is 0 Å². The summed E-state index contributed by atoms with van der Waals surface area (Å²) in [4.78, 5) is 8.36. The second-order valence-corrected chi connectivity index (χ2v) is 1.02. The monoisotopic (exact) mass is 571 g/mol. The van der Waals surface area contributed by atoms with Crippen molar-refractivity contribution in [1.29, 1.82) is 0 Å². The van der Waals surface area contributed by atoms with Gasteiger partial charge in [0.2, 0.25) is 0 Å². The zero-order valence-electron chi connectivity index (χ0n) is 3.44. The Morgan fingerprint density at radius 3 is 1.50 bits per heavy atom. The van der Waals surface area contributed by atoms with Crippen LogP contribution >= 0.6 is 0 Å². The van der Waals surface area contributed by atoms with Crippen LogP contribution in [0.4, 0.5) is 0 Å². The molecule has 0 aromatic rings. The average Bonchev–Trinajstić information content (AvgIpc) is 1.33. The normalized spacial score (nSPS) is 4.00. The molecule has 1 N–H and O–H groups in total. The van der Waals surface area contributed by atoms with E-state index in [9.17, 15) is 0 Å². The van der Waals surface area contributed by atoms with Crippen LogP contribution in [0.3, 0.4) is 0 Å². The molecule has 0 amide bonds. The van der Waals surface area contributed by atoms with Gasteiger partial charge in [-0.2, -0.15) is 0 Å². The molecule has 0 fully saturated rings. The predicted molar refractivity (Wildman–Crippen MR) is 10.2 cm³/mol. The third-order valence-electron chi connectivity index (χ3n) is 0. The number of hydrogen-bond donors (Lipinski definition) is 1. The fourth-order valence-electron chi connectivity index (χ4n) is 0. The Kier molecular flexibility index (Phi) is 31.2. The van der Waals surface area contributed by atoms with Crippen molar-refractivity contribution in [3.05, 3.63) is 10.1 Å². The van der Waals surface area contributed by atoms with Crippen LogP contribution in [0.15, 0.2) is 0 Å². The summed E-state index contributed by atoms with van der Waals surface area (Å²) in [5, 5.41) is 13.6. The van der Waals surface area contributed by atoms with Gasteiger partial charge in [0.25, 0.3) is 5.09 Å². The molecule has 0 unspecified atom stereocenters. The van der Waals surface area contributed by atoms with E-state index < -0.39 is 32.9 Å². The smallest absolute Gasteiger partial charge is 0 e. The van der Waals surface area contributed by atoms with Gasteiger partial charge in [-0.15, -0.1) is 10.1 Å². The van der Waals surface area contributed by atoms with Crippen LogP contribution in [0.25, 0.3) is 0 Å². The Morgan fingerprint density at radius 2 is 1.50 bits per heavy atom. The Bertz CT molecular complexity index is 80.4. The molecular weight excluding hydrogens is 576 g/mol. The van der Waals surface area contributed by atoms with Gasteiger partial charge >= 0.3 is 32.3 Å². The molecule has 8 heteroatoms. The molecule has 0 spiro atoms. The molecular formula is HNO5PuU+2.